The number of nitrogens with two attached hydrogens (primary N) is 1. The molecular formula is C10H17NO2. The number of rotatable bonds is 1. The van der Waals surface area contributed by atoms with E-state index in [2.05, 4.69) is 13.8 Å². The predicted molar refractivity (Wildman–Crippen MR) is 48.8 cm³/mol. The van der Waals surface area contributed by atoms with E-state index in [0.29, 0.717) is 5.92 Å². The van der Waals surface area contributed by atoms with Crippen LogP contribution in [0.1, 0.15) is 33.1 Å². The van der Waals surface area contributed by atoms with Crippen LogP contribution in [0, 0.1) is 16.7 Å². The molecule has 0 saturated heterocycles. The standard InChI is InChI=1S/C10H17NO2/c1-9(2)6-3-4-10(9,8(11)13)7(12)5-6/h6-7,12H,3-5H2,1-2H3,(H2,11,13). The van der Waals surface area contributed by atoms with Crippen LogP contribution in [0.2, 0.25) is 0 Å². The number of hydrogen-bond donors (Lipinski definition) is 2. The van der Waals surface area contributed by atoms with E-state index in [-0.39, 0.29) is 11.3 Å². The fraction of sp³-hybridized carbons (Fsp3) is 0.900. The van der Waals surface area contributed by atoms with Crippen molar-refractivity contribution in [1.29, 1.82) is 0 Å². The minimum Gasteiger partial charge on any atom is -0.392 e. The molecule has 2 aliphatic rings. The summed E-state index contributed by atoms with van der Waals surface area (Å²) in [7, 11) is 0. The summed E-state index contributed by atoms with van der Waals surface area (Å²) >= 11 is 0. The minimum atomic E-state index is -0.641. The van der Waals surface area contributed by atoms with Crippen molar-refractivity contribution in [3.63, 3.8) is 0 Å². The largest absolute Gasteiger partial charge is 0.392 e. The first-order valence-corrected chi connectivity index (χ1v) is 4.91. The number of fused-ring (bicyclic) bond motifs is 2. The molecule has 2 saturated carbocycles. The summed E-state index contributed by atoms with van der Waals surface area (Å²) in [6.07, 6.45) is 2.03. The van der Waals surface area contributed by atoms with Gasteiger partial charge in [-0.25, -0.2) is 0 Å². The summed E-state index contributed by atoms with van der Waals surface area (Å²) in [5.41, 5.74) is 4.68. The molecule has 0 aliphatic heterocycles. The molecular weight excluding hydrogens is 166 g/mol. The smallest absolute Gasteiger partial charge is 0.226 e. The number of aliphatic hydroxyl groups excluding tert-OH is 1. The van der Waals surface area contributed by atoms with Crippen molar-refractivity contribution in [2.24, 2.45) is 22.5 Å². The predicted octanol–water partition coefficient (Wildman–Crippen LogP) is 0.659. The number of carbonyl (C=O) groups is 1. The van der Waals surface area contributed by atoms with Crippen molar-refractivity contribution in [2.75, 3.05) is 0 Å². The van der Waals surface area contributed by atoms with Crippen LogP contribution in [0.15, 0.2) is 0 Å². The molecule has 0 radical (unpaired) electrons. The molecule has 1 amide bonds. The van der Waals surface area contributed by atoms with E-state index in [9.17, 15) is 9.90 Å². The van der Waals surface area contributed by atoms with Crippen molar-refractivity contribution >= 4 is 5.91 Å². The van der Waals surface area contributed by atoms with Crippen LogP contribution in [0.5, 0.6) is 0 Å². The Bertz CT molecular complexity index is 262. The number of primary amides is 1. The molecule has 0 spiro atoms. The lowest BCUT2D eigenvalue weighted by molar-refractivity contribution is -0.139. The quantitative estimate of drug-likeness (QED) is 0.627. The maximum absolute atomic E-state index is 11.5. The lowest BCUT2D eigenvalue weighted by Crippen LogP contribution is -2.49. The van der Waals surface area contributed by atoms with E-state index in [1.54, 1.807) is 0 Å². The monoisotopic (exact) mass is 183 g/mol. The minimum absolute atomic E-state index is 0.113. The normalized spacial score (nSPS) is 46.7. The molecule has 0 aromatic heterocycles. The van der Waals surface area contributed by atoms with E-state index < -0.39 is 11.5 Å². The van der Waals surface area contributed by atoms with E-state index in [0.717, 1.165) is 19.3 Å². The van der Waals surface area contributed by atoms with Gasteiger partial charge in [0.1, 0.15) is 0 Å². The van der Waals surface area contributed by atoms with Crippen LogP contribution in [0.25, 0.3) is 0 Å². The van der Waals surface area contributed by atoms with Crippen molar-refractivity contribution in [2.45, 2.75) is 39.2 Å². The van der Waals surface area contributed by atoms with Crippen LogP contribution in [0.3, 0.4) is 0 Å². The second-order valence-corrected chi connectivity index (χ2v) is 5.04. The van der Waals surface area contributed by atoms with Crippen LogP contribution >= 0.6 is 0 Å². The van der Waals surface area contributed by atoms with Gasteiger partial charge in [0, 0.05) is 0 Å². The first-order chi connectivity index (χ1) is 5.93. The second kappa shape index (κ2) is 2.27. The summed E-state index contributed by atoms with van der Waals surface area (Å²) in [6, 6.07) is 0. The Morgan fingerprint density at radius 2 is 2.15 bits per heavy atom. The first kappa shape index (κ1) is 9.00. The summed E-state index contributed by atoms with van der Waals surface area (Å²) in [4.78, 5) is 11.5. The van der Waals surface area contributed by atoms with Gasteiger partial charge in [0.2, 0.25) is 5.91 Å². The van der Waals surface area contributed by atoms with E-state index in [1.807, 2.05) is 0 Å². The Kier molecular flexibility index (Phi) is 1.57. The highest BCUT2D eigenvalue weighted by atomic mass is 16.3. The van der Waals surface area contributed by atoms with Gasteiger partial charge in [-0.2, -0.15) is 0 Å². The molecule has 3 N–H and O–H groups in total. The highest BCUT2D eigenvalue weighted by Gasteiger charge is 2.67. The Morgan fingerprint density at radius 1 is 1.54 bits per heavy atom. The molecule has 2 rings (SSSR count). The average Bonchev–Trinajstić information content (AvgIpc) is 2.35. The Labute approximate surface area is 78.3 Å². The zero-order valence-electron chi connectivity index (χ0n) is 8.21. The van der Waals surface area contributed by atoms with Gasteiger partial charge in [-0.3, -0.25) is 4.79 Å². The molecule has 3 nitrogen and oxygen atoms in total. The Morgan fingerprint density at radius 3 is 2.38 bits per heavy atom. The average molecular weight is 183 g/mol. The highest BCUT2D eigenvalue weighted by Crippen LogP contribution is 2.65. The zero-order chi connectivity index (χ0) is 9.85. The molecule has 3 atom stereocenters. The number of carbonyl (C=O) groups excluding carboxylic acids is 1. The third-order valence-electron chi connectivity index (χ3n) is 4.57. The number of hydrogen-bond acceptors (Lipinski definition) is 2. The summed E-state index contributed by atoms with van der Waals surface area (Å²) in [5, 5.41) is 9.88. The number of aliphatic hydroxyl groups is 1. The van der Waals surface area contributed by atoms with Gasteiger partial charge < -0.3 is 10.8 Å². The summed E-state index contributed by atoms with van der Waals surface area (Å²) in [6.45, 7) is 4.12. The summed E-state index contributed by atoms with van der Waals surface area (Å²) in [5.74, 6) is 0.153. The van der Waals surface area contributed by atoms with Crippen molar-refractivity contribution < 1.29 is 9.90 Å². The fourth-order valence-corrected chi connectivity index (χ4v) is 3.53. The molecule has 0 aromatic carbocycles. The molecule has 2 fully saturated rings. The van der Waals surface area contributed by atoms with Gasteiger partial charge in [-0.05, 0) is 30.6 Å². The zero-order valence-corrected chi connectivity index (χ0v) is 8.21. The second-order valence-electron chi connectivity index (χ2n) is 5.04. The molecule has 2 bridgehead atoms. The van der Waals surface area contributed by atoms with Crippen LogP contribution in [-0.4, -0.2) is 17.1 Å². The Balaban J connectivity index is 2.49. The third-order valence-corrected chi connectivity index (χ3v) is 4.57. The molecule has 0 heterocycles. The lowest BCUT2D eigenvalue weighted by Gasteiger charge is -2.37. The van der Waals surface area contributed by atoms with E-state index in [4.69, 9.17) is 5.73 Å². The first-order valence-electron chi connectivity index (χ1n) is 4.91. The van der Waals surface area contributed by atoms with E-state index >= 15 is 0 Å². The highest BCUT2D eigenvalue weighted by molar-refractivity contribution is 5.83. The van der Waals surface area contributed by atoms with Crippen molar-refractivity contribution in [3.05, 3.63) is 0 Å². The van der Waals surface area contributed by atoms with Crippen molar-refractivity contribution in [1.82, 2.24) is 0 Å². The van der Waals surface area contributed by atoms with Crippen molar-refractivity contribution in [3.8, 4) is 0 Å². The van der Waals surface area contributed by atoms with Gasteiger partial charge in [0.05, 0.1) is 11.5 Å². The molecule has 2 aliphatic carbocycles. The molecule has 3 unspecified atom stereocenters. The SMILES string of the molecule is CC1(C)C2CCC1(C(N)=O)C(O)C2. The molecule has 3 heteroatoms. The van der Waals surface area contributed by atoms with Crippen LogP contribution < -0.4 is 5.73 Å². The molecule has 13 heavy (non-hydrogen) atoms. The maximum atomic E-state index is 11.5. The third kappa shape index (κ3) is 0.766. The number of amides is 1. The van der Waals surface area contributed by atoms with Gasteiger partial charge in [0.25, 0.3) is 0 Å². The van der Waals surface area contributed by atoms with Gasteiger partial charge in [0.15, 0.2) is 0 Å². The van der Waals surface area contributed by atoms with E-state index in [1.165, 1.54) is 0 Å². The molecule has 74 valence electrons. The summed E-state index contributed by atoms with van der Waals surface area (Å²) < 4.78 is 0. The fourth-order valence-electron chi connectivity index (χ4n) is 3.53. The topological polar surface area (TPSA) is 63.3 Å². The van der Waals surface area contributed by atoms with Gasteiger partial charge >= 0.3 is 0 Å². The van der Waals surface area contributed by atoms with Crippen LogP contribution in [-0.2, 0) is 4.79 Å². The Hall–Kier alpha value is -0.570. The lowest BCUT2D eigenvalue weighted by atomic mass is 9.68. The van der Waals surface area contributed by atoms with Crippen LogP contribution in [0.4, 0.5) is 0 Å². The van der Waals surface area contributed by atoms with Gasteiger partial charge in [-0.1, -0.05) is 13.8 Å². The maximum Gasteiger partial charge on any atom is 0.226 e. The van der Waals surface area contributed by atoms with Gasteiger partial charge in [-0.15, -0.1) is 0 Å². The molecule has 0 aromatic rings.